The molecule has 1 aliphatic heterocycles. The standard InChI is InChI=1S/C19H29N5O2/c1-13(2)12-20-18(25)21-14-10-16-17(23(4)19(26)22(16)3)11-15(14)24-8-6-5-7-9-24/h10-11,13H,5-9,12H2,1-4H3,(H2,20,21,25). The van der Waals surface area contributed by atoms with Crippen molar-refractivity contribution in [3.8, 4) is 0 Å². The zero-order chi connectivity index (χ0) is 18.8. The number of hydrogen-bond acceptors (Lipinski definition) is 3. The summed E-state index contributed by atoms with van der Waals surface area (Å²) in [4.78, 5) is 26.9. The number of carbonyl (C=O) groups is 1. The van der Waals surface area contributed by atoms with Gasteiger partial charge in [-0.05, 0) is 37.3 Å². The van der Waals surface area contributed by atoms with E-state index in [0.717, 1.165) is 48.3 Å². The Hall–Kier alpha value is -2.44. The fourth-order valence-corrected chi connectivity index (χ4v) is 3.49. The number of imidazole rings is 1. The van der Waals surface area contributed by atoms with E-state index in [1.165, 1.54) is 6.42 Å². The third kappa shape index (κ3) is 3.57. The van der Waals surface area contributed by atoms with Crippen LogP contribution in [0.15, 0.2) is 16.9 Å². The van der Waals surface area contributed by atoms with E-state index in [1.54, 1.807) is 23.2 Å². The van der Waals surface area contributed by atoms with Crippen molar-refractivity contribution in [2.75, 3.05) is 29.9 Å². The Kier molecular flexibility index (Phi) is 5.25. The average Bonchev–Trinajstić information content (AvgIpc) is 2.84. The molecule has 1 saturated heterocycles. The van der Waals surface area contributed by atoms with Crippen molar-refractivity contribution >= 4 is 28.4 Å². The van der Waals surface area contributed by atoms with Crippen molar-refractivity contribution in [2.45, 2.75) is 33.1 Å². The molecule has 0 aliphatic carbocycles. The Morgan fingerprint density at radius 1 is 1.08 bits per heavy atom. The molecule has 2 heterocycles. The second kappa shape index (κ2) is 7.43. The fourth-order valence-electron chi connectivity index (χ4n) is 3.49. The van der Waals surface area contributed by atoms with Crippen molar-refractivity contribution in [3.63, 3.8) is 0 Å². The maximum Gasteiger partial charge on any atom is 0.328 e. The molecule has 7 heteroatoms. The fraction of sp³-hybridized carbons (Fsp3) is 0.579. The van der Waals surface area contributed by atoms with Gasteiger partial charge in [0.25, 0.3) is 0 Å². The number of amides is 2. The zero-order valence-electron chi connectivity index (χ0n) is 16.1. The second-order valence-corrected chi connectivity index (χ2v) is 7.54. The van der Waals surface area contributed by atoms with Crippen molar-refractivity contribution in [2.24, 2.45) is 20.0 Å². The minimum Gasteiger partial charge on any atom is -0.370 e. The van der Waals surface area contributed by atoms with Crippen LogP contribution in [0.2, 0.25) is 0 Å². The minimum atomic E-state index is -0.211. The van der Waals surface area contributed by atoms with Gasteiger partial charge in [0.15, 0.2) is 0 Å². The van der Waals surface area contributed by atoms with E-state index in [9.17, 15) is 9.59 Å². The summed E-state index contributed by atoms with van der Waals surface area (Å²) in [7, 11) is 3.54. The Morgan fingerprint density at radius 3 is 2.31 bits per heavy atom. The van der Waals surface area contributed by atoms with Gasteiger partial charge in [-0.2, -0.15) is 0 Å². The molecule has 0 spiro atoms. The van der Waals surface area contributed by atoms with Crippen LogP contribution in [0.3, 0.4) is 0 Å². The van der Waals surface area contributed by atoms with Crippen molar-refractivity contribution in [1.29, 1.82) is 0 Å². The van der Waals surface area contributed by atoms with E-state index in [2.05, 4.69) is 29.4 Å². The van der Waals surface area contributed by atoms with E-state index in [-0.39, 0.29) is 11.7 Å². The van der Waals surface area contributed by atoms with Crippen LogP contribution in [0, 0.1) is 5.92 Å². The molecule has 0 unspecified atom stereocenters. The summed E-state index contributed by atoms with van der Waals surface area (Å²) in [6, 6.07) is 3.73. The van der Waals surface area contributed by atoms with Gasteiger partial charge in [0.2, 0.25) is 0 Å². The number of carbonyl (C=O) groups excluding carboxylic acids is 1. The van der Waals surface area contributed by atoms with E-state index in [4.69, 9.17) is 0 Å². The molecule has 0 atom stereocenters. The van der Waals surface area contributed by atoms with Gasteiger partial charge in [-0.1, -0.05) is 13.8 Å². The molecular formula is C19H29N5O2. The molecule has 3 rings (SSSR count). The first-order chi connectivity index (χ1) is 12.4. The largest absolute Gasteiger partial charge is 0.370 e. The predicted octanol–water partition coefficient (Wildman–Crippen LogP) is 2.64. The number of hydrogen-bond donors (Lipinski definition) is 2. The Balaban J connectivity index is 2.01. The number of urea groups is 1. The SMILES string of the molecule is CC(C)CNC(=O)Nc1cc2c(cc1N1CCCCC1)n(C)c(=O)n2C. The third-order valence-electron chi connectivity index (χ3n) is 5.01. The summed E-state index contributed by atoms with van der Waals surface area (Å²) in [5, 5.41) is 5.89. The van der Waals surface area contributed by atoms with Crippen LogP contribution in [0.4, 0.5) is 16.2 Å². The number of benzene rings is 1. The van der Waals surface area contributed by atoms with Crippen molar-refractivity contribution in [1.82, 2.24) is 14.5 Å². The lowest BCUT2D eigenvalue weighted by molar-refractivity contribution is 0.251. The van der Waals surface area contributed by atoms with Crippen molar-refractivity contribution in [3.05, 3.63) is 22.6 Å². The van der Waals surface area contributed by atoms with Gasteiger partial charge in [-0.25, -0.2) is 9.59 Å². The van der Waals surface area contributed by atoms with Gasteiger partial charge in [0, 0.05) is 33.7 Å². The number of fused-ring (bicyclic) bond motifs is 1. The Bertz CT molecular complexity index is 859. The molecule has 2 aromatic rings. The molecule has 1 aromatic carbocycles. The summed E-state index contributed by atoms with van der Waals surface area (Å²) in [5.74, 6) is 0.389. The summed E-state index contributed by atoms with van der Waals surface area (Å²) in [6.07, 6.45) is 3.52. The highest BCUT2D eigenvalue weighted by atomic mass is 16.2. The maximum atomic E-state index is 12.3. The summed E-state index contributed by atoms with van der Waals surface area (Å²) >= 11 is 0. The van der Waals surface area contributed by atoms with Crippen LogP contribution < -0.4 is 21.2 Å². The lowest BCUT2D eigenvalue weighted by Gasteiger charge is -2.30. The van der Waals surface area contributed by atoms with Crippen LogP contribution in [0.1, 0.15) is 33.1 Å². The van der Waals surface area contributed by atoms with Crippen LogP contribution in [-0.4, -0.2) is 34.8 Å². The van der Waals surface area contributed by atoms with E-state index in [1.807, 2.05) is 12.1 Å². The Labute approximate surface area is 154 Å². The lowest BCUT2D eigenvalue weighted by Crippen LogP contribution is -2.34. The van der Waals surface area contributed by atoms with Gasteiger partial charge in [-0.3, -0.25) is 9.13 Å². The number of aryl methyl sites for hydroxylation is 2. The molecule has 2 amide bonds. The van der Waals surface area contributed by atoms with E-state index in [0.29, 0.717) is 12.5 Å². The summed E-state index contributed by atoms with van der Waals surface area (Å²) in [5.41, 5.74) is 3.37. The van der Waals surface area contributed by atoms with Gasteiger partial charge < -0.3 is 15.5 Å². The van der Waals surface area contributed by atoms with Crippen molar-refractivity contribution < 1.29 is 4.79 Å². The topological polar surface area (TPSA) is 71.3 Å². The van der Waals surface area contributed by atoms with Crippen LogP contribution in [0.25, 0.3) is 11.0 Å². The maximum absolute atomic E-state index is 12.3. The number of anilines is 2. The molecule has 1 aliphatic rings. The molecule has 0 saturated carbocycles. The first-order valence-electron chi connectivity index (χ1n) is 9.37. The molecule has 0 bridgehead atoms. The number of aromatic nitrogens is 2. The molecule has 7 nitrogen and oxygen atoms in total. The molecule has 142 valence electrons. The number of rotatable bonds is 4. The highest BCUT2D eigenvalue weighted by molar-refractivity contribution is 5.98. The molecule has 1 aromatic heterocycles. The predicted molar refractivity (Wildman–Crippen MR) is 106 cm³/mol. The molecule has 1 fully saturated rings. The van der Waals surface area contributed by atoms with Gasteiger partial charge >= 0.3 is 11.7 Å². The smallest absolute Gasteiger partial charge is 0.328 e. The second-order valence-electron chi connectivity index (χ2n) is 7.54. The highest BCUT2D eigenvalue weighted by Gasteiger charge is 2.19. The van der Waals surface area contributed by atoms with Crippen LogP contribution in [-0.2, 0) is 14.1 Å². The number of piperidine rings is 1. The van der Waals surface area contributed by atoms with E-state index >= 15 is 0 Å². The molecule has 2 N–H and O–H groups in total. The first kappa shape index (κ1) is 18.4. The molecular weight excluding hydrogens is 330 g/mol. The highest BCUT2D eigenvalue weighted by Crippen LogP contribution is 2.32. The van der Waals surface area contributed by atoms with Crippen LogP contribution in [0.5, 0.6) is 0 Å². The lowest BCUT2D eigenvalue weighted by atomic mass is 10.1. The molecule has 0 radical (unpaired) electrons. The van der Waals surface area contributed by atoms with Gasteiger partial charge in [-0.15, -0.1) is 0 Å². The average molecular weight is 359 g/mol. The normalized spacial score (nSPS) is 14.9. The van der Waals surface area contributed by atoms with Gasteiger partial charge in [0.05, 0.1) is 22.4 Å². The quantitative estimate of drug-likeness (QED) is 0.882. The summed E-state index contributed by atoms with van der Waals surface area (Å²) < 4.78 is 3.28. The minimum absolute atomic E-state index is 0.0639. The molecule has 26 heavy (non-hydrogen) atoms. The third-order valence-corrected chi connectivity index (χ3v) is 5.01. The Morgan fingerprint density at radius 2 is 1.69 bits per heavy atom. The van der Waals surface area contributed by atoms with Gasteiger partial charge in [0.1, 0.15) is 0 Å². The van der Waals surface area contributed by atoms with E-state index < -0.39 is 0 Å². The zero-order valence-corrected chi connectivity index (χ0v) is 16.1. The monoisotopic (exact) mass is 359 g/mol. The van der Waals surface area contributed by atoms with Crippen LogP contribution >= 0.6 is 0 Å². The number of nitrogens with zero attached hydrogens (tertiary/aromatic N) is 3. The summed E-state index contributed by atoms with van der Waals surface area (Å²) in [6.45, 7) is 6.68. The number of nitrogens with one attached hydrogen (secondary N) is 2. The first-order valence-corrected chi connectivity index (χ1v) is 9.37.